The van der Waals surface area contributed by atoms with Gasteiger partial charge < -0.3 is 10.1 Å². The Morgan fingerprint density at radius 2 is 2.57 bits per heavy atom. The van der Waals surface area contributed by atoms with E-state index >= 15 is 0 Å². The molecule has 1 fully saturated rings. The van der Waals surface area contributed by atoms with Crippen LogP contribution in [0.15, 0.2) is 11.4 Å². The second kappa shape index (κ2) is 4.11. The van der Waals surface area contributed by atoms with E-state index < -0.39 is 0 Å². The fraction of sp³-hybridized carbons (Fsp3) is 0.500. The van der Waals surface area contributed by atoms with Gasteiger partial charge in [-0.25, -0.2) is 4.79 Å². The van der Waals surface area contributed by atoms with Crippen LogP contribution in [-0.2, 0) is 4.74 Å². The van der Waals surface area contributed by atoms with Gasteiger partial charge in [0.25, 0.3) is 0 Å². The quantitative estimate of drug-likeness (QED) is 0.760. The smallest absolute Gasteiger partial charge is 0.348 e. The van der Waals surface area contributed by atoms with Crippen LogP contribution in [0.3, 0.4) is 0 Å². The van der Waals surface area contributed by atoms with Gasteiger partial charge in [0.2, 0.25) is 0 Å². The van der Waals surface area contributed by atoms with Crippen LogP contribution in [0, 0.1) is 0 Å². The molecular formula is C10H13NO2S. The van der Waals surface area contributed by atoms with Gasteiger partial charge in [0.15, 0.2) is 0 Å². The van der Waals surface area contributed by atoms with E-state index in [1.165, 1.54) is 24.9 Å². The van der Waals surface area contributed by atoms with Gasteiger partial charge >= 0.3 is 5.97 Å². The molecule has 0 radical (unpaired) electrons. The SMILES string of the molecule is COC(=O)c1sccc1C1CCCN1. The fourth-order valence-corrected chi connectivity index (χ4v) is 2.68. The molecule has 0 amide bonds. The summed E-state index contributed by atoms with van der Waals surface area (Å²) in [5.74, 6) is -0.219. The van der Waals surface area contributed by atoms with Crippen LogP contribution in [0.1, 0.15) is 34.1 Å². The molecule has 4 heteroatoms. The first-order valence-electron chi connectivity index (χ1n) is 4.72. The van der Waals surface area contributed by atoms with Crippen molar-refractivity contribution >= 4 is 17.3 Å². The third-order valence-electron chi connectivity index (χ3n) is 2.50. The lowest BCUT2D eigenvalue weighted by atomic mass is 10.1. The highest BCUT2D eigenvalue weighted by Crippen LogP contribution is 2.29. The van der Waals surface area contributed by atoms with Gasteiger partial charge in [0.1, 0.15) is 4.88 Å². The first-order valence-corrected chi connectivity index (χ1v) is 5.60. The summed E-state index contributed by atoms with van der Waals surface area (Å²) in [5.41, 5.74) is 1.10. The maximum absolute atomic E-state index is 11.4. The topological polar surface area (TPSA) is 38.3 Å². The molecule has 0 spiro atoms. The number of nitrogens with one attached hydrogen (secondary N) is 1. The number of rotatable bonds is 2. The summed E-state index contributed by atoms with van der Waals surface area (Å²) in [6.07, 6.45) is 2.29. The summed E-state index contributed by atoms with van der Waals surface area (Å²) in [6, 6.07) is 2.36. The molecule has 1 aliphatic rings. The molecule has 0 aliphatic carbocycles. The van der Waals surface area contributed by atoms with E-state index in [9.17, 15) is 4.79 Å². The van der Waals surface area contributed by atoms with Crippen molar-refractivity contribution in [2.75, 3.05) is 13.7 Å². The molecule has 14 heavy (non-hydrogen) atoms. The Morgan fingerprint density at radius 3 is 3.21 bits per heavy atom. The van der Waals surface area contributed by atoms with E-state index in [0.29, 0.717) is 6.04 Å². The van der Waals surface area contributed by atoms with Gasteiger partial charge in [-0.2, -0.15) is 0 Å². The maximum Gasteiger partial charge on any atom is 0.348 e. The van der Waals surface area contributed by atoms with Gasteiger partial charge in [-0.05, 0) is 36.4 Å². The van der Waals surface area contributed by atoms with Gasteiger partial charge in [0.05, 0.1) is 7.11 Å². The summed E-state index contributed by atoms with van der Waals surface area (Å²) in [7, 11) is 1.42. The number of methoxy groups -OCH3 is 1. The molecule has 3 nitrogen and oxygen atoms in total. The standard InChI is InChI=1S/C10H13NO2S/c1-13-10(12)9-7(4-6-14-9)8-3-2-5-11-8/h4,6,8,11H,2-3,5H2,1H3. The van der Waals surface area contributed by atoms with Gasteiger partial charge in [-0.1, -0.05) is 0 Å². The van der Waals surface area contributed by atoms with Gasteiger partial charge in [0, 0.05) is 6.04 Å². The summed E-state index contributed by atoms with van der Waals surface area (Å²) in [4.78, 5) is 12.2. The van der Waals surface area contributed by atoms with Crippen molar-refractivity contribution in [1.29, 1.82) is 0 Å². The van der Waals surface area contributed by atoms with Crippen LogP contribution in [0.25, 0.3) is 0 Å². The minimum absolute atomic E-state index is 0.219. The van der Waals surface area contributed by atoms with Crippen molar-refractivity contribution in [3.8, 4) is 0 Å². The number of carbonyl (C=O) groups excluding carboxylic acids is 1. The zero-order valence-electron chi connectivity index (χ0n) is 8.08. The average molecular weight is 211 g/mol. The van der Waals surface area contributed by atoms with Crippen LogP contribution in [-0.4, -0.2) is 19.6 Å². The van der Waals surface area contributed by atoms with E-state index in [2.05, 4.69) is 5.32 Å². The van der Waals surface area contributed by atoms with Crippen LogP contribution >= 0.6 is 11.3 Å². The van der Waals surface area contributed by atoms with E-state index in [4.69, 9.17) is 4.74 Å². The van der Waals surface area contributed by atoms with Crippen molar-refractivity contribution in [2.45, 2.75) is 18.9 Å². The zero-order valence-corrected chi connectivity index (χ0v) is 8.89. The Hall–Kier alpha value is -0.870. The Morgan fingerprint density at radius 1 is 1.71 bits per heavy atom. The largest absolute Gasteiger partial charge is 0.465 e. The Labute approximate surface area is 87.1 Å². The summed E-state index contributed by atoms with van der Waals surface area (Å²) in [6.45, 7) is 1.04. The van der Waals surface area contributed by atoms with Crippen LogP contribution in [0.2, 0.25) is 0 Å². The molecule has 1 saturated heterocycles. The van der Waals surface area contributed by atoms with Crippen molar-refractivity contribution in [2.24, 2.45) is 0 Å². The lowest BCUT2D eigenvalue weighted by Gasteiger charge is -2.09. The van der Waals surface area contributed by atoms with E-state index in [1.54, 1.807) is 0 Å². The number of ether oxygens (including phenoxy) is 1. The number of hydrogen-bond acceptors (Lipinski definition) is 4. The normalized spacial score (nSPS) is 21.1. The Bertz CT molecular complexity index is 329. The molecule has 1 atom stereocenters. The van der Waals surface area contributed by atoms with Crippen LogP contribution in [0.4, 0.5) is 0 Å². The van der Waals surface area contributed by atoms with Crippen molar-refractivity contribution in [1.82, 2.24) is 5.32 Å². The lowest BCUT2D eigenvalue weighted by molar-refractivity contribution is 0.0604. The number of thiophene rings is 1. The Balaban J connectivity index is 2.24. The summed E-state index contributed by atoms with van der Waals surface area (Å²) >= 11 is 1.45. The molecule has 76 valence electrons. The molecule has 1 aliphatic heterocycles. The molecular weight excluding hydrogens is 198 g/mol. The second-order valence-electron chi connectivity index (χ2n) is 3.35. The molecule has 0 saturated carbocycles. The first kappa shape index (κ1) is 9.68. The number of esters is 1. The second-order valence-corrected chi connectivity index (χ2v) is 4.26. The molecule has 1 aromatic rings. The lowest BCUT2D eigenvalue weighted by Crippen LogP contribution is -2.15. The van der Waals surface area contributed by atoms with Crippen LogP contribution < -0.4 is 5.32 Å². The minimum Gasteiger partial charge on any atom is -0.465 e. The van der Waals surface area contributed by atoms with Gasteiger partial charge in [-0.3, -0.25) is 0 Å². The fourth-order valence-electron chi connectivity index (χ4n) is 1.80. The molecule has 1 unspecified atom stereocenters. The van der Waals surface area contributed by atoms with Crippen molar-refractivity contribution < 1.29 is 9.53 Å². The molecule has 2 heterocycles. The molecule has 1 aromatic heterocycles. The molecule has 1 N–H and O–H groups in total. The Kier molecular flexibility index (Phi) is 2.84. The highest BCUT2D eigenvalue weighted by atomic mass is 32.1. The highest BCUT2D eigenvalue weighted by Gasteiger charge is 2.23. The highest BCUT2D eigenvalue weighted by molar-refractivity contribution is 7.12. The molecule has 0 bridgehead atoms. The molecule has 0 aromatic carbocycles. The third-order valence-corrected chi connectivity index (χ3v) is 3.41. The number of hydrogen-bond donors (Lipinski definition) is 1. The van der Waals surface area contributed by atoms with E-state index in [0.717, 1.165) is 23.4 Å². The van der Waals surface area contributed by atoms with Gasteiger partial charge in [-0.15, -0.1) is 11.3 Å². The predicted molar refractivity (Wildman–Crippen MR) is 55.6 cm³/mol. The van der Waals surface area contributed by atoms with Crippen molar-refractivity contribution in [3.63, 3.8) is 0 Å². The zero-order chi connectivity index (χ0) is 9.97. The van der Waals surface area contributed by atoms with E-state index in [-0.39, 0.29) is 5.97 Å². The maximum atomic E-state index is 11.4. The minimum atomic E-state index is -0.219. The average Bonchev–Trinajstić information content (AvgIpc) is 2.85. The molecule has 2 rings (SSSR count). The van der Waals surface area contributed by atoms with Crippen LogP contribution in [0.5, 0.6) is 0 Å². The van der Waals surface area contributed by atoms with E-state index in [1.807, 2.05) is 11.4 Å². The first-order chi connectivity index (χ1) is 6.83. The summed E-state index contributed by atoms with van der Waals surface area (Å²) in [5, 5.41) is 5.32. The van der Waals surface area contributed by atoms with Crippen molar-refractivity contribution in [3.05, 3.63) is 21.9 Å². The third kappa shape index (κ3) is 1.67. The number of carbonyl (C=O) groups is 1. The monoisotopic (exact) mass is 211 g/mol. The summed E-state index contributed by atoms with van der Waals surface area (Å²) < 4.78 is 4.74. The predicted octanol–water partition coefficient (Wildman–Crippen LogP) is 1.96.